The van der Waals surface area contributed by atoms with Crippen LogP contribution >= 0.6 is 11.6 Å². The third-order valence-electron chi connectivity index (χ3n) is 3.84. The molecule has 0 spiro atoms. The van der Waals surface area contributed by atoms with E-state index in [1.807, 2.05) is 6.07 Å². The summed E-state index contributed by atoms with van der Waals surface area (Å²) in [6, 6.07) is 12.9. The summed E-state index contributed by atoms with van der Waals surface area (Å²) in [6.07, 6.45) is 1.00. The fourth-order valence-corrected chi connectivity index (χ4v) is 3.12. The molecule has 0 bridgehead atoms. The van der Waals surface area contributed by atoms with E-state index in [9.17, 15) is 0 Å². The summed E-state index contributed by atoms with van der Waals surface area (Å²) in [5, 5.41) is 4.28. The fraction of sp³-hybridized carbons (Fsp3) is 0.294. The van der Waals surface area contributed by atoms with Gasteiger partial charge in [-0.25, -0.2) is 0 Å². The maximum Gasteiger partial charge on any atom is 0.137 e. The third-order valence-corrected chi connectivity index (χ3v) is 4.14. The molecule has 0 saturated heterocycles. The Hall–Kier alpha value is -1.51. The van der Waals surface area contributed by atoms with Crippen molar-refractivity contribution < 1.29 is 4.74 Å². The van der Waals surface area contributed by atoms with E-state index in [1.54, 1.807) is 7.11 Å². The van der Waals surface area contributed by atoms with Gasteiger partial charge in [0.1, 0.15) is 5.75 Å². The van der Waals surface area contributed by atoms with Crippen LogP contribution in [-0.2, 0) is 6.42 Å². The minimum atomic E-state index is 0.213. The summed E-state index contributed by atoms with van der Waals surface area (Å²) in [5.74, 6) is 0.742. The van der Waals surface area contributed by atoms with E-state index < -0.39 is 0 Å². The molecule has 0 saturated carbocycles. The van der Waals surface area contributed by atoms with Crippen LogP contribution in [0.2, 0.25) is 5.02 Å². The first-order valence-electron chi connectivity index (χ1n) is 6.85. The molecule has 0 aromatic heterocycles. The molecular weight excluding hydrogens is 270 g/mol. The number of fused-ring (bicyclic) bond motifs is 1. The van der Waals surface area contributed by atoms with Crippen molar-refractivity contribution in [1.82, 2.24) is 5.32 Å². The van der Waals surface area contributed by atoms with E-state index >= 15 is 0 Å². The highest BCUT2D eigenvalue weighted by Gasteiger charge is 2.23. The molecule has 1 aliphatic rings. The van der Waals surface area contributed by atoms with Gasteiger partial charge in [-0.05, 0) is 42.2 Å². The van der Waals surface area contributed by atoms with Crippen LogP contribution in [0.4, 0.5) is 0 Å². The van der Waals surface area contributed by atoms with E-state index in [0.717, 1.165) is 18.7 Å². The van der Waals surface area contributed by atoms with Crippen LogP contribution in [0.3, 0.4) is 0 Å². The number of ether oxygens (including phenoxy) is 1. The molecule has 0 fully saturated rings. The van der Waals surface area contributed by atoms with Gasteiger partial charge < -0.3 is 10.1 Å². The Labute approximate surface area is 124 Å². The number of nitrogens with one attached hydrogen (secondary N) is 1. The number of hydrogen-bond acceptors (Lipinski definition) is 2. The monoisotopic (exact) mass is 287 g/mol. The third kappa shape index (κ3) is 2.41. The molecule has 1 aliphatic heterocycles. The van der Waals surface area contributed by atoms with Crippen molar-refractivity contribution in [3.63, 3.8) is 0 Å². The second-order valence-electron chi connectivity index (χ2n) is 5.24. The molecule has 2 aromatic carbocycles. The Bertz CT molecular complexity index is 639. The molecule has 0 amide bonds. The molecule has 20 heavy (non-hydrogen) atoms. The van der Waals surface area contributed by atoms with Gasteiger partial charge in [-0.1, -0.05) is 41.4 Å². The van der Waals surface area contributed by atoms with Gasteiger partial charge in [-0.2, -0.15) is 0 Å². The lowest BCUT2D eigenvalue weighted by atomic mass is 9.89. The molecule has 1 atom stereocenters. The molecule has 1 heterocycles. The van der Waals surface area contributed by atoms with Crippen LogP contribution in [-0.4, -0.2) is 13.7 Å². The average Bonchev–Trinajstić information content (AvgIpc) is 2.45. The molecule has 0 radical (unpaired) electrons. The summed E-state index contributed by atoms with van der Waals surface area (Å²) in [4.78, 5) is 0. The number of methoxy groups -OCH3 is 1. The molecule has 3 heteroatoms. The van der Waals surface area contributed by atoms with E-state index in [0.29, 0.717) is 5.02 Å². The lowest BCUT2D eigenvalue weighted by Crippen LogP contribution is -2.30. The van der Waals surface area contributed by atoms with Crippen LogP contribution < -0.4 is 10.1 Å². The maximum atomic E-state index is 6.23. The van der Waals surface area contributed by atoms with Crippen LogP contribution in [0, 0.1) is 6.92 Å². The van der Waals surface area contributed by atoms with Gasteiger partial charge in [0.2, 0.25) is 0 Å². The lowest BCUT2D eigenvalue weighted by Gasteiger charge is -2.28. The Morgan fingerprint density at radius 1 is 1.25 bits per heavy atom. The van der Waals surface area contributed by atoms with E-state index in [1.165, 1.54) is 22.3 Å². The van der Waals surface area contributed by atoms with Gasteiger partial charge in [0.15, 0.2) is 0 Å². The molecule has 1 unspecified atom stereocenters. The molecule has 1 N–H and O–H groups in total. The topological polar surface area (TPSA) is 21.3 Å². The number of hydrogen-bond donors (Lipinski definition) is 1. The van der Waals surface area contributed by atoms with Crippen LogP contribution in [0.1, 0.15) is 28.3 Å². The van der Waals surface area contributed by atoms with E-state index in [2.05, 4.69) is 42.6 Å². The predicted molar refractivity (Wildman–Crippen MR) is 82.7 cm³/mol. The first kappa shape index (κ1) is 13.5. The summed E-state index contributed by atoms with van der Waals surface area (Å²) < 4.78 is 5.36. The Morgan fingerprint density at radius 2 is 2.10 bits per heavy atom. The minimum absolute atomic E-state index is 0.213. The highest BCUT2D eigenvalue weighted by Crippen LogP contribution is 2.35. The lowest BCUT2D eigenvalue weighted by molar-refractivity contribution is 0.413. The quantitative estimate of drug-likeness (QED) is 0.905. The number of rotatable bonds is 2. The number of aryl methyl sites for hydroxylation is 1. The van der Waals surface area contributed by atoms with Gasteiger partial charge in [0, 0.05) is 6.54 Å². The van der Waals surface area contributed by atoms with Crippen LogP contribution in [0.5, 0.6) is 5.75 Å². The summed E-state index contributed by atoms with van der Waals surface area (Å²) in [7, 11) is 1.66. The zero-order valence-electron chi connectivity index (χ0n) is 11.7. The van der Waals surface area contributed by atoms with Crippen LogP contribution in [0.25, 0.3) is 0 Å². The normalized spacial score (nSPS) is 17.6. The molecular formula is C17H18ClNO. The van der Waals surface area contributed by atoms with Gasteiger partial charge in [-0.15, -0.1) is 0 Å². The Morgan fingerprint density at radius 3 is 2.85 bits per heavy atom. The highest BCUT2D eigenvalue weighted by atomic mass is 35.5. The summed E-state index contributed by atoms with van der Waals surface area (Å²) >= 11 is 6.23. The van der Waals surface area contributed by atoms with Gasteiger partial charge in [-0.3, -0.25) is 0 Å². The van der Waals surface area contributed by atoms with Crippen molar-refractivity contribution in [3.8, 4) is 5.75 Å². The number of halogens is 1. The zero-order chi connectivity index (χ0) is 14.1. The first-order valence-corrected chi connectivity index (χ1v) is 7.23. The van der Waals surface area contributed by atoms with Crippen molar-refractivity contribution >= 4 is 11.6 Å². The molecule has 0 aliphatic carbocycles. The largest absolute Gasteiger partial charge is 0.495 e. The second-order valence-corrected chi connectivity index (χ2v) is 5.64. The van der Waals surface area contributed by atoms with Crippen molar-refractivity contribution in [3.05, 3.63) is 63.7 Å². The first-order chi connectivity index (χ1) is 9.69. The van der Waals surface area contributed by atoms with E-state index in [4.69, 9.17) is 16.3 Å². The fourth-order valence-electron chi connectivity index (χ4n) is 2.86. The maximum absolute atomic E-state index is 6.23. The van der Waals surface area contributed by atoms with Crippen molar-refractivity contribution in [2.45, 2.75) is 19.4 Å². The van der Waals surface area contributed by atoms with Gasteiger partial charge >= 0.3 is 0 Å². The van der Waals surface area contributed by atoms with E-state index in [-0.39, 0.29) is 6.04 Å². The predicted octanol–water partition coefficient (Wildman–Crippen LogP) is 3.89. The standard InChI is InChI=1S/C17H18ClNO/c1-11-4-3-5-13(8-11)17-14-10-16(20-2)15(18)9-12(14)6-7-19-17/h3-5,8-10,17,19H,6-7H2,1-2H3. The van der Waals surface area contributed by atoms with Gasteiger partial charge in [0.25, 0.3) is 0 Å². The molecule has 3 rings (SSSR count). The van der Waals surface area contributed by atoms with Crippen molar-refractivity contribution in [2.75, 3.05) is 13.7 Å². The molecule has 104 valence electrons. The van der Waals surface area contributed by atoms with Gasteiger partial charge in [0.05, 0.1) is 18.2 Å². The average molecular weight is 288 g/mol. The Kier molecular flexibility index (Phi) is 3.68. The minimum Gasteiger partial charge on any atom is -0.495 e. The zero-order valence-corrected chi connectivity index (χ0v) is 12.5. The Balaban J connectivity index is 2.09. The SMILES string of the molecule is COc1cc2c(cc1Cl)CCNC2c1cccc(C)c1. The smallest absolute Gasteiger partial charge is 0.137 e. The molecule has 2 aromatic rings. The highest BCUT2D eigenvalue weighted by molar-refractivity contribution is 6.32. The number of benzene rings is 2. The summed E-state index contributed by atoms with van der Waals surface area (Å²) in [5.41, 5.74) is 5.14. The molecule has 2 nitrogen and oxygen atoms in total. The van der Waals surface area contributed by atoms with Crippen LogP contribution in [0.15, 0.2) is 36.4 Å². The van der Waals surface area contributed by atoms with Crippen molar-refractivity contribution in [1.29, 1.82) is 0 Å². The summed E-state index contributed by atoms with van der Waals surface area (Å²) in [6.45, 7) is 3.09. The second kappa shape index (κ2) is 5.47. The van der Waals surface area contributed by atoms with Crippen molar-refractivity contribution in [2.24, 2.45) is 0 Å².